The SMILES string of the molecule is CC(=O)Oc1cc(/C=C/C(=O)Nc2cccc3c(S(=O)(=O)Nc4ccc([N+](=O)[O-])cc4)cccc23)cc(OC(C)=O)c1. The van der Waals surface area contributed by atoms with E-state index in [4.69, 9.17) is 9.47 Å². The largest absolute Gasteiger partial charge is 0.427 e. The van der Waals surface area contributed by atoms with E-state index in [0.717, 1.165) is 0 Å². The van der Waals surface area contributed by atoms with Crippen molar-refractivity contribution in [2.75, 3.05) is 10.0 Å². The van der Waals surface area contributed by atoms with Crippen molar-refractivity contribution in [2.24, 2.45) is 0 Å². The van der Waals surface area contributed by atoms with Crippen LogP contribution in [-0.4, -0.2) is 31.2 Å². The highest BCUT2D eigenvalue weighted by atomic mass is 32.2. The van der Waals surface area contributed by atoms with E-state index in [1.165, 1.54) is 80.6 Å². The number of fused-ring (bicyclic) bond motifs is 1. The zero-order valence-electron chi connectivity index (χ0n) is 22.2. The van der Waals surface area contributed by atoms with Crippen LogP contribution in [0.4, 0.5) is 17.1 Å². The van der Waals surface area contributed by atoms with Crippen molar-refractivity contribution < 1.29 is 37.2 Å². The zero-order chi connectivity index (χ0) is 30.4. The van der Waals surface area contributed by atoms with E-state index in [2.05, 4.69) is 10.0 Å². The summed E-state index contributed by atoms with van der Waals surface area (Å²) in [5.74, 6) is -1.48. The average Bonchev–Trinajstić information content (AvgIpc) is 2.91. The Balaban J connectivity index is 1.58. The minimum Gasteiger partial charge on any atom is -0.427 e. The van der Waals surface area contributed by atoms with Crippen LogP contribution in [0.2, 0.25) is 0 Å². The molecule has 12 nitrogen and oxygen atoms in total. The van der Waals surface area contributed by atoms with Crippen molar-refractivity contribution >= 4 is 61.8 Å². The molecule has 0 saturated heterocycles. The maximum Gasteiger partial charge on any atom is 0.308 e. The Morgan fingerprint density at radius 2 is 1.43 bits per heavy atom. The summed E-state index contributed by atoms with van der Waals surface area (Å²) in [5, 5.41) is 14.4. The first-order chi connectivity index (χ1) is 19.9. The van der Waals surface area contributed by atoms with Gasteiger partial charge in [0.05, 0.1) is 9.82 Å². The fourth-order valence-electron chi connectivity index (χ4n) is 3.97. The summed E-state index contributed by atoms with van der Waals surface area (Å²) in [4.78, 5) is 45.8. The summed E-state index contributed by atoms with van der Waals surface area (Å²) in [7, 11) is -4.11. The molecule has 0 heterocycles. The van der Waals surface area contributed by atoms with Gasteiger partial charge in [0.15, 0.2) is 0 Å². The standard InChI is InChI=1S/C29H23N3O9S/c1-18(33)40-23-15-20(16-24(17-23)41-19(2)34)9-14-29(35)30-27-7-3-6-26-25(27)5-4-8-28(26)42(38,39)31-21-10-12-22(13-11-21)32(36)37/h3-17,31H,1-2H3,(H,30,35)/b14-9+. The van der Waals surface area contributed by atoms with Gasteiger partial charge >= 0.3 is 11.9 Å². The fraction of sp³-hybridized carbons (Fsp3) is 0.0690. The van der Waals surface area contributed by atoms with E-state index >= 15 is 0 Å². The molecule has 0 saturated carbocycles. The molecule has 0 bridgehead atoms. The molecule has 0 unspecified atom stereocenters. The number of nitrogens with zero attached hydrogens (tertiary/aromatic N) is 1. The van der Waals surface area contributed by atoms with Gasteiger partial charge in [-0.15, -0.1) is 0 Å². The molecule has 13 heteroatoms. The zero-order valence-corrected chi connectivity index (χ0v) is 23.0. The smallest absolute Gasteiger partial charge is 0.308 e. The van der Waals surface area contributed by atoms with E-state index in [0.29, 0.717) is 22.0 Å². The first-order valence-electron chi connectivity index (χ1n) is 12.2. The quantitative estimate of drug-likeness (QED) is 0.0891. The lowest BCUT2D eigenvalue weighted by atomic mass is 10.1. The lowest BCUT2D eigenvalue weighted by molar-refractivity contribution is -0.384. The van der Waals surface area contributed by atoms with E-state index < -0.39 is 32.8 Å². The number of carbonyl (C=O) groups is 3. The predicted molar refractivity (Wildman–Crippen MR) is 155 cm³/mol. The Bertz CT molecular complexity index is 1820. The highest BCUT2D eigenvalue weighted by molar-refractivity contribution is 7.93. The summed E-state index contributed by atoms with van der Waals surface area (Å²) in [5.41, 5.74) is 0.703. The second-order valence-corrected chi connectivity index (χ2v) is 10.5. The number of nitrogens with one attached hydrogen (secondary N) is 2. The number of benzene rings is 4. The van der Waals surface area contributed by atoms with Crippen LogP contribution in [0, 0.1) is 10.1 Å². The lowest BCUT2D eigenvalue weighted by Crippen LogP contribution is -2.14. The minimum absolute atomic E-state index is 0.0646. The Morgan fingerprint density at radius 3 is 2.02 bits per heavy atom. The van der Waals surface area contributed by atoms with Gasteiger partial charge in [0.25, 0.3) is 15.7 Å². The van der Waals surface area contributed by atoms with Crippen LogP contribution >= 0.6 is 0 Å². The highest BCUT2D eigenvalue weighted by Crippen LogP contribution is 2.30. The molecular formula is C29H23N3O9S. The molecule has 0 aliphatic carbocycles. The third-order valence-electron chi connectivity index (χ3n) is 5.61. The third kappa shape index (κ3) is 7.34. The van der Waals surface area contributed by atoms with Crippen molar-refractivity contribution in [3.63, 3.8) is 0 Å². The van der Waals surface area contributed by atoms with Crippen molar-refractivity contribution in [1.29, 1.82) is 0 Å². The summed E-state index contributed by atoms with van der Waals surface area (Å²) >= 11 is 0. The number of hydrogen-bond donors (Lipinski definition) is 2. The summed E-state index contributed by atoms with van der Waals surface area (Å²) < 4.78 is 39.0. The number of carbonyl (C=O) groups excluding carboxylic acids is 3. The van der Waals surface area contributed by atoms with Crippen LogP contribution in [0.15, 0.2) is 89.8 Å². The average molecular weight is 590 g/mol. The lowest BCUT2D eigenvalue weighted by Gasteiger charge is -2.13. The first-order valence-corrected chi connectivity index (χ1v) is 13.7. The predicted octanol–water partition coefficient (Wildman–Crippen LogP) is 5.05. The summed E-state index contributed by atoms with van der Waals surface area (Å²) in [6.07, 6.45) is 2.63. The van der Waals surface area contributed by atoms with Gasteiger partial charge in [0.2, 0.25) is 5.91 Å². The van der Waals surface area contributed by atoms with E-state index in [-0.39, 0.29) is 27.8 Å². The Labute approximate surface area is 239 Å². The Hall–Kier alpha value is -5.56. The third-order valence-corrected chi connectivity index (χ3v) is 7.05. The number of non-ortho nitro benzene ring substituents is 1. The minimum atomic E-state index is -4.11. The highest BCUT2D eigenvalue weighted by Gasteiger charge is 2.19. The molecule has 0 aromatic heterocycles. The topological polar surface area (TPSA) is 171 Å². The Morgan fingerprint density at radius 1 is 0.833 bits per heavy atom. The molecular weight excluding hydrogens is 566 g/mol. The maximum absolute atomic E-state index is 13.2. The molecule has 42 heavy (non-hydrogen) atoms. The van der Waals surface area contributed by atoms with Gasteiger partial charge in [0, 0.05) is 60.3 Å². The molecule has 4 aromatic rings. The number of hydrogen-bond acceptors (Lipinski definition) is 9. The van der Waals surface area contributed by atoms with E-state index in [1.54, 1.807) is 24.3 Å². The molecule has 4 rings (SSSR count). The molecule has 0 aliphatic heterocycles. The van der Waals surface area contributed by atoms with Gasteiger partial charge < -0.3 is 14.8 Å². The Kier molecular flexibility index (Phi) is 8.62. The first kappa shape index (κ1) is 29.4. The fourth-order valence-corrected chi connectivity index (χ4v) is 5.25. The van der Waals surface area contributed by atoms with Gasteiger partial charge in [0.1, 0.15) is 11.5 Å². The van der Waals surface area contributed by atoms with Crippen molar-refractivity contribution in [1.82, 2.24) is 0 Å². The number of nitro benzene ring substituents is 1. The van der Waals surface area contributed by atoms with Crippen LogP contribution < -0.4 is 19.5 Å². The molecule has 0 fully saturated rings. The van der Waals surface area contributed by atoms with Gasteiger partial charge in [-0.1, -0.05) is 24.3 Å². The number of amides is 1. The second-order valence-electron chi connectivity index (χ2n) is 8.81. The molecule has 214 valence electrons. The molecule has 0 radical (unpaired) electrons. The van der Waals surface area contributed by atoms with E-state index in [9.17, 15) is 32.9 Å². The normalized spacial score (nSPS) is 11.2. The number of anilines is 2. The van der Waals surface area contributed by atoms with Gasteiger partial charge in [-0.25, -0.2) is 8.42 Å². The van der Waals surface area contributed by atoms with Crippen molar-refractivity contribution in [3.8, 4) is 11.5 Å². The molecule has 4 aromatic carbocycles. The van der Waals surface area contributed by atoms with Crippen LogP contribution in [0.1, 0.15) is 19.4 Å². The number of nitro groups is 1. The van der Waals surface area contributed by atoms with Gasteiger partial charge in [-0.2, -0.15) is 0 Å². The molecule has 0 spiro atoms. The molecule has 0 atom stereocenters. The molecule has 0 aliphatic rings. The number of rotatable bonds is 9. The van der Waals surface area contributed by atoms with Crippen LogP contribution in [0.5, 0.6) is 11.5 Å². The number of esters is 2. The van der Waals surface area contributed by atoms with Crippen molar-refractivity contribution in [2.45, 2.75) is 18.7 Å². The van der Waals surface area contributed by atoms with Crippen LogP contribution in [0.25, 0.3) is 16.8 Å². The molecule has 1 amide bonds. The van der Waals surface area contributed by atoms with E-state index in [1.807, 2.05) is 0 Å². The van der Waals surface area contributed by atoms with Gasteiger partial charge in [-0.05, 0) is 48.0 Å². The van der Waals surface area contributed by atoms with Crippen LogP contribution in [-0.2, 0) is 24.4 Å². The monoisotopic (exact) mass is 589 g/mol. The summed E-state index contributed by atoms with van der Waals surface area (Å²) in [6.45, 7) is 2.43. The van der Waals surface area contributed by atoms with Gasteiger partial charge in [-0.3, -0.25) is 29.2 Å². The maximum atomic E-state index is 13.2. The second kappa shape index (κ2) is 12.3. The van der Waals surface area contributed by atoms with Crippen molar-refractivity contribution in [3.05, 3.63) is 101 Å². The number of ether oxygens (including phenoxy) is 2. The molecule has 2 N–H and O–H groups in total. The summed E-state index contributed by atoms with van der Waals surface area (Å²) in [6, 6.07) is 18.6. The number of sulfonamides is 1. The van der Waals surface area contributed by atoms with Crippen LogP contribution in [0.3, 0.4) is 0 Å².